The molecule has 2 aromatic rings. The van der Waals surface area contributed by atoms with Crippen LogP contribution in [0.4, 0.5) is 0 Å². The number of aryl methyl sites for hydroxylation is 1. The number of carbonyl (C=O) groups excluding carboxylic acids is 1. The lowest BCUT2D eigenvalue weighted by Crippen LogP contribution is -2.03. The van der Waals surface area contributed by atoms with Crippen molar-refractivity contribution in [2.24, 2.45) is 0 Å². The molecule has 0 aliphatic rings. The minimum Gasteiger partial charge on any atom is -0.465 e. The molecule has 0 amide bonds. The molecule has 0 radical (unpaired) electrons. The van der Waals surface area contributed by atoms with Crippen LogP contribution >= 0.6 is 27.5 Å². The molecular weight excluding hydrogens is 295 g/mol. The molecule has 0 aliphatic heterocycles. The van der Waals surface area contributed by atoms with Crippen LogP contribution in [-0.4, -0.2) is 23.0 Å². The van der Waals surface area contributed by atoms with E-state index in [0.717, 1.165) is 4.47 Å². The molecule has 1 N–H and O–H groups in total. The predicted molar refractivity (Wildman–Crippen MR) is 64.9 cm³/mol. The number of H-pyrrole nitrogens is 1. The Hall–Kier alpha value is -1.07. The van der Waals surface area contributed by atoms with Crippen molar-refractivity contribution in [1.29, 1.82) is 0 Å². The van der Waals surface area contributed by atoms with Gasteiger partial charge < -0.3 is 9.72 Å². The SMILES string of the molecule is COC(=O)c1c(Cl)cc(Br)c2nc(C)[nH]c12. The van der Waals surface area contributed by atoms with Crippen LogP contribution in [0, 0.1) is 6.92 Å². The molecule has 0 unspecified atom stereocenters. The van der Waals surface area contributed by atoms with Crippen LogP contribution in [-0.2, 0) is 4.74 Å². The van der Waals surface area contributed by atoms with Crippen molar-refractivity contribution in [1.82, 2.24) is 9.97 Å². The number of aromatic amines is 1. The maximum Gasteiger partial charge on any atom is 0.341 e. The predicted octanol–water partition coefficient (Wildman–Crippen LogP) is 3.07. The zero-order valence-electron chi connectivity index (χ0n) is 8.60. The number of hydrogen-bond acceptors (Lipinski definition) is 3. The molecule has 0 bridgehead atoms. The number of nitrogens with zero attached hydrogens (tertiary/aromatic N) is 1. The maximum absolute atomic E-state index is 11.6. The van der Waals surface area contributed by atoms with Crippen molar-refractivity contribution in [3.8, 4) is 0 Å². The molecule has 0 aliphatic carbocycles. The van der Waals surface area contributed by atoms with Gasteiger partial charge in [-0.25, -0.2) is 9.78 Å². The smallest absolute Gasteiger partial charge is 0.341 e. The van der Waals surface area contributed by atoms with Gasteiger partial charge in [-0.3, -0.25) is 0 Å². The first-order chi connectivity index (χ1) is 7.54. The second kappa shape index (κ2) is 4.07. The van der Waals surface area contributed by atoms with Crippen LogP contribution in [0.2, 0.25) is 5.02 Å². The number of fused-ring (bicyclic) bond motifs is 1. The van der Waals surface area contributed by atoms with E-state index < -0.39 is 5.97 Å². The number of benzene rings is 1. The summed E-state index contributed by atoms with van der Waals surface area (Å²) >= 11 is 9.36. The van der Waals surface area contributed by atoms with Crippen molar-refractivity contribution >= 4 is 44.5 Å². The molecule has 0 saturated carbocycles. The van der Waals surface area contributed by atoms with E-state index in [1.807, 2.05) is 0 Å². The topological polar surface area (TPSA) is 55.0 Å². The highest BCUT2D eigenvalue weighted by molar-refractivity contribution is 9.10. The Morgan fingerprint density at radius 3 is 2.94 bits per heavy atom. The number of nitrogens with one attached hydrogen (secondary N) is 1. The fourth-order valence-corrected chi connectivity index (χ4v) is 2.45. The molecule has 1 heterocycles. The van der Waals surface area contributed by atoms with Crippen molar-refractivity contribution in [3.63, 3.8) is 0 Å². The summed E-state index contributed by atoms with van der Waals surface area (Å²) in [5.74, 6) is 0.231. The molecule has 0 fully saturated rings. The lowest BCUT2D eigenvalue weighted by atomic mass is 10.2. The van der Waals surface area contributed by atoms with Gasteiger partial charge in [0.05, 0.1) is 17.6 Å². The molecular formula is C10H8BrClN2O2. The third-order valence-corrected chi connectivity index (χ3v) is 3.08. The minimum absolute atomic E-state index is 0.308. The van der Waals surface area contributed by atoms with Crippen LogP contribution in [0.25, 0.3) is 11.0 Å². The summed E-state index contributed by atoms with van der Waals surface area (Å²) in [6.45, 7) is 1.81. The fraction of sp³-hybridized carbons (Fsp3) is 0.200. The van der Waals surface area contributed by atoms with E-state index in [0.29, 0.717) is 27.4 Å². The van der Waals surface area contributed by atoms with Crippen molar-refractivity contribution in [3.05, 3.63) is 26.9 Å². The second-order valence-corrected chi connectivity index (χ2v) is 4.51. The van der Waals surface area contributed by atoms with Gasteiger partial charge in [-0.15, -0.1) is 0 Å². The number of halogens is 2. The van der Waals surface area contributed by atoms with E-state index in [4.69, 9.17) is 11.6 Å². The van der Waals surface area contributed by atoms with Gasteiger partial charge in [-0.1, -0.05) is 11.6 Å². The van der Waals surface area contributed by atoms with Gasteiger partial charge in [0.15, 0.2) is 0 Å². The molecule has 0 atom stereocenters. The summed E-state index contributed by atoms with van der Waals surface area (Å²) in [5.41, 5.74) is 1.56. The average Bonchev–Trinajstić information content (AvgIpc) is 2.59. The Bertz CT molecular complexity index is 580. The van der Waals surface area contributed by atoms with Crippen LogP contribution in [0.1, 0.15) is 16.2 Å². The lowest BCUT2D eigenvalue weighted by molar-refractivity contribution is 0.0603. The first kappa shape index (κ1) is 11.4. The van der Waals surface area contributed by atoms with Crippen LogP contribution in [0.15, 0.2) is 10.5 Å². The monoisotopic (exact) mass is 302 g/mol. The van der Waals surface area contributed by atoms with E-state index in [2.05, 4.69) is 30.6 Å². The summed E-state index contributed by atoms with van der Waals surface area (Å²) < 4.78 is 5.43. The van der Waals surface area contributed by atoms with E-state index >= 15 is 0 Å². The van der Waals surface area contributed by atoms with Crippen molar-refractivity contribution in [2.75, 3.05) is 7.11 Å². The number of aromatic nitrogens is 2. The number of carbonyl (C=O) groups is 1. The summed E-state index contributed by atoms with van der Waals surface area (Å²) in [4.78, 5) is 18.9. The van der Waals surface area contributed by atoms with Gasteiger partial charge in [-0.05, 0) is 28.9 Å². The standard InChI is InChI=1S/C10H8BrClN2O2/c1-4-13-8-5(11)3-6(12)7(9(8)14-4)10(15)16-2/h3H,1-2H3,(H,13,14). The highest BCUT2D eigenvalue weighted by Crippen LogP contribution is 2.31. The van der Waals surface area contributed by atoms with E-state index in [1.165, 1.54) is 7.11 Å². The number of ether oxygens (including phenoxy) is 1. The maximum atomic E-state index is 11.6. The molecule has 84 valence electrons. The zero-order chi connectivity index (χ0) is 11.9. The Morgan fingerprint density at radius 1 is 1.62 bits per heavy atom. The van der Waals surface area contributed by atoms with Crippen molar-refractivity contribution in [2.45, 2.75) is 6.92 Å². The average molecular weight is 304 g/mol. The number of hydrogen-bond donors (Lipinski definition) is 1. The summed E-state index contributed by atoms with van der Waals surface area (Å²) in [5, 5.41) is 0.329. The van der Waals surface area contributed by atoms with E-state index in [-0.39, 0.29) is 0 Å². The first-order valence-corrected chi connectivity index (χ1v) is 5.64. The Morgan fingerprint density at radius 2 is 2.31 bits per heavy atom. The third-order valence-electron chi connectivity index (χ3n) is 2.18. The Balaban J connectivity index is 2.86. The van der Waals surface area contributed by atoms with Crippen LogP contribution in [0.3, 0.4) is 0 Å². The van der Waals surface area contributed by atoms with Gasteiger partial charge in [0.2, 0.25) is 0 Å². The molecule has 16 heavy (non-hydrogen) atoms. The molecule has 6 heteroatoms. The molecule has 0 spiro atoms. The Labute approximate surface area is 105 Å². The Kier molecular flexibility index (Phi) is 2.90. The quantitative estimate of drug-likeness (QED) is 0.824. The van der Waals surface area contributed by atoms with Gasteiger partial charge in [0.1, 0.15) is 16.9 Å². The minimum atomic E-state index is -0.480. The van der Waals surface area contributed by atoms with Gasteiger partial charge in [-0.2, -0.15) is 0 Å². The highest BCUT2D eigenvalue weighted by atomic mass is 79.9. The summed E-state index contributed by atoms with van der Waals surface area (Å²) in [7, 11) is 1.32. The largest absolute Gasteiger partial charge is 0.465 e. The second-order valence-electron chi connectivity index (χ2n) is 3.25. The van der Waals surface area contributed by atoms with Crippen LogP contribution in [0.5, 0.6) is 0 Å². The number of imidazole rings is 1. The first-order valence-electron chi connectivity index (χ1n) is 4.47. The summed E-state index contributed by atoms with van der Waals surface area (Å²) in [6, 6.07) is 1.64. The van der Waals surface area contributed by atoms with Crippen molar-refractivity contribution < 1.29 is 9.53 Å². The van der Waals surface area contributed by atoms with E-state index in [9.17, 15) is 4.79 Å². The van der Waals surface area contributed by atoms with Gasteiger partial charge in [0.25, 0.3) is 0 Å². The molecule has 1 aromatic heterocycles. The number of methoxy groups -OCH3 is 1. The number of esters is 1. The number of rotatable bonds is 1. The fourth-order valence-electron chi connectivity index (χ4n) is 1.52. The summed E-state index contributed by atoms with van der Waals surface area (Å²) in [6.07, 6.45) is 0. The molecule has 1 aromatic carbocycles. The van der Waals surface area contributed by atoms with Gasteiger partial charge >= 0.3 is 5.97 Å². The molecule has 4 nitrogen and oxygen atoms in total. The third kappa shape index (κ3) is 1.70. The molecule has 0 saturated heterocycles. The van der Waals surface area contributed by atoms with E-state index in [1.54, 1.807) is 13.0 Å². The lowest BCUT2D eigenvalue weighted by Gasteiger charge is -2.04. The molecule has 2 rings (SSSR count). The normalized spacial score (nSPS) is 10.8. The van der Waals surface area contributed by atoms with Gasteiger partial charge in [0, 0.05) is 4.47 Å². The highest BCUT2D eigenvalue weighted by Gasteiger charge is 2.19. The van der Waals surface area contributed by atoms with Crippen LogP contribution < -0.4 is 0 Å². The zero-order valence-corrected chi connectivity index (χ0v) is 10.9.